The van der Waals surface area contributed by atoms with Gasteiger partial charge < -0.3 is 21.5 Å². The number of hydrogen-bond acceptors (Lipinski definition) is 7. The summed E-state index contributed by atoms with van der Waals surface area (Å²) in [6.45, 7) is 3.96. The topological polar surface area (TPSA) is 176 Å². The van der Waals surface area contributed by atoms with Crippen LogP contribution in [0.2, 0.25) is 0 Å². The molecule has 0 fully saturated rings. The number of nitrogens with zero attached hydrogens (tertiary/aromatic N) is 1. The van der Waals surface area contributed by atoms with Crippen LogP contribution in [0.3, 0.4) is 0 Å². The van der Waals surface area contributed by atoms with Crippen molar-refractivity contribution in [1.29, 1.82) is 0 Å². The maximum atomic E-state index is 12.0. The first-order chi connectivity index (χ1) is 14.1. The third-order valence-electron chi connectivity index (χ3n) is 4.48. The molecule has 0 radical (unpaired) electrons. The standard InChI is InChI=1S/C19H22N6O4S/c1-10-7-12(8-11(2)16(10)26)9-22-18-15(17(20)27)19(25-24-18)23-13-3-5-14(6-4-13)30(21,28)29/h3-8,26H,9H2,1-2H3,(H2,20,27)(H2,21,28,29)(H3,22,23,24,25). The maximum Gasteiger partial charge on any atom is 0.256 e. The van der Waals surface area contributed by atoms with Gasteiger partial charge in [-0.3, -0.25) is 9.89 Å². The molecule has 30 heavy (non-hydrogen) atoms. The Kier molecular flexibility index (Phi) is 5.67. The molecular weight excluding hydrogens is 408 g/mol. The van der Waals surface area contributed by atoms with Crippen molar-refractivity contribution in [2.75, 3.05) is 10.6 Å². The zero-order valence-electron chi connectivity index (χ0n) is 16.4. The molecule has 0 aliphatic heterocycles. The van der Waals surface area contributed by atoms with Crippen molar-refractivity contribution in [3.8, 4) is 5.75 Å². The predicted molar refractivity (Wildman–Crippen MR) is 113 cm³/mol. The molecule has 1 heterocycles. The lowest BCUT2D eigenvalue weighted by Crippen LogP contribution is -2.15. The number of rotatable bonds is 7. The number of carbonyl (C=O) groups is 1. The van der Waals surface area contributed by atoms with E-state index in [1.807, 2.05) is 12.1 Å². The van der Waals surface area contributed by atoms with E-state index in [-0.39, 0.29) is 27.8 Å². The van der Waals surface area contributed by atoms with Gasteiger partial charge in [-0.2, -0.15) is 5.10 Å². The number of H-pyrrole nitrogens is 1. The third-order valence-corrected chi connectivity index (χ3v) is 5.40. The molecule has 0 bridgehead atoms. The third kappa shape index (κ3) is 4.53. The highest BCUT2D eigenvalue weighted by atomic mass is 32.2. The number of primary sulfonamides is 1. The molecule has 0 unspecified atom stereocenters. The molecule has 158 valence electrons. The predicted octanol–water partition coefficient (Wildman–Crippen LogP) is 1.83. The number of benzene rings is 2. The van der Waals surface area contributed by atoms with E-state index in [2.05, 4.69) is 20.8 Å². The fourth-order valence-corrected chi connectivity index (χ4v) is 3.52. The molecule has 0 saturated carbocycles. The van der Waals surface area contributed by atoms with Gasteiger partial charge in [0.1, 0.15) is 17.1 Å². The highest BCUT2D eigenvalue weighted by Gasteiger charge is 2.19. The van der Waals surface area contributed by atoms with E-state index in [0.717, 1.165) is 16.7 Å². The molecule has 3 aromatic rings. The summed E-state index contributed by atoms with van der Waals surface area (Å²) in [5.41, 5.74) is 8.54. The van der Waals surface area contributed by atoms with Gasteiger partial charge >= 0.3 is 0 Å². The number of amides is 1. The number of anilines is 3. The smallest absolute Gasteiger partial charge is 0.256 e. The second-order valence-electron chi connectivity index (χ2n) is 6.81. The fraction of sp³-hybridized carbons (Fsp3) is 0.158. The summed E-state index contributed by atoms with van der Waals surface area (Å²) >= 11 is 0. The summed E-state index contributed by atoms with van der Waals surface area (Å²) in [5, 5.41) is 27.8. The number of phenols is 1. The highest BCUT2D eigenvalue weighted by molar-refractivity contribution is 7.89. The first-order valence-corrected chi connectivity index (χ1v) is 10.4. The van der Waals surface area contributed by atoms with E-state index in [4.69, 9.17) is 10.9 Å². The second kappa shape index (κ2) is 8.05. The number of primary amides is 1. The number of aryl methyl sites for hydroxylation is 2. The lowest BCUT2D eigenvalue weighted by Gasteiger charge is -2.10. The zero-order valence-corrected chi connectivity index (χ0v) is 17.2. The van der Waals surface area contributed by atoms with Crippen LogP contribution in [0.4, 0.5) is 17.3 Å². The Morgan fingerprint density at radius 2 is 1.77 bits per heavy atom. The second-order valence-corrected chi connectivity index (χ2v) is 8.37. The number of carbonyl (C=O) groups excluding carboxylic acids is 1. The van der Waals surface area contributed by atoms with Crippen molar-refractivity contribution in [2.24, 2.45) is 10.9 Å². The van der Waals surface area contributed by atoms with Crippen molar-refractivity contribution in [3.05, 3.63) is 58.7 Å². The van der Waals surface area contributed by atoms with E-state index in [9.17, 15) is 18.3 Å². The number of aromatic nitrogens is 2. The largest absolute Gasteiger partial charge is 0.507 e. The Morgan fingerprint density at radius 1 is 1.17 bits per heavy atom. The lowest BCUT2D eigenvalue weighted by atomic mass is 10.1. The van der Waals surface area contributed by atoms with Gasteiger partial charge in [0.2, 0.25) is 10.0 Å². The number of hydrogen-bond donors (Lipinski definition) is 6. The van der Waals surface area contributed by atoms with Crippen LogP contribution >= 0.6 is 0 Å². The molecule has 1 amide bonds. The quantitative estimate of drug-likeness (QED) is 0.331. The number of aromatic hydroxyl groups is 1. The number of sulfonamides is 1. The van der Waals surface area contributed by atoms with E-state index in [0.29, 0.717) is 12.2 Å². The summed E-state index contributed by atoms with van der Waals surface area (Å²) in [7, 11) is -3.80. The molecule has 8 N–H and O–H groups in total. The molecule has 0 atom stereocenters. The molecule has 2 aromatic carbocycles. The van der Waals surface area contributed by atoms with Crippen LogP contribution in [-0.2, 0) is 16.6 Å². The van der Waals surface area contributed by atoms with Crippen molar-refractivity contribution >= 4 is 33.3 Å². The van der Waals surface area contributed by atoms with Crippen molar-refractivity contribution in [1.82, 2.24) is 10.2 Å². The Labute approximate surface area is 173 Å². The van der Waals surface area contributed by atoms with Gasteiger partial charge in [0.15, 0.2) is 5.82 Å². The van der Waals surface area contributed by atoms with Gasteiger partial charge in [0.05, 0.1) is 4.90 Å². The van der Waals surface area contributed by atoms with E-state index in [1.54, 1.807) is 13.8 Å². The van der Waals surface area contributed by atoms with E-state index >= 15 is 0 Å². The normalized spacial score (nSPS) is 11.3. The number of nitrogens with two attached hydrogens (primary N) is 2. The Hall–Kier alpha value is -3.57. The van der Waals surface area contributed by atoms with Gasteiger partial charge in [-0.15, -0.1) is 0 Å². The molecule has 3 rings (SSSR count). The van der Waals surface area contributed by atoms with E-state index < -0.39 is 15.9 Å². The lowest BCUT2D eigenvalue weighted by molar-refractivity contribution is 0.100. The molecule has 0 spiro atoms. The van der Waals surface area contributed by atoms with Crippen LogP contribution < -0.4 is 21.5 Å². The minimum Gasteiger partial charge on any atom is -0.507 e. The van der Waals surface area contributed by atoms with Crippen LogP contribution in [0.15, 0.2) is 41.3 Å². The first kappa shape index (κ1) is 21.1. The minimum atomic E-state index is -3.80. The molecule has 11 heteroatoms. The van der Waals surface area contributed by atoms with Crippen LogP contribution in [0.5, 0.6) is 5.75 Å². The summed E-state index contributed by atoms with van der Waals surface area (Å²) < 4.78 is 22.7. The minimum absolute atomic E-state index is 0.0328. The number of aromatic amines is 1. The summed E-state index contributed by atoms with van der Waals surface area (Å²) in [6, 6.07) is 9.34. The Bertz CT molecular complexity index is 1180. The van der Waals surface area contributed by atoms with Gasteiger partial charge in [0.25, 0.3) is 5.91 Å². The van der Waals surface area contributed by atoms with E-state index in [1.165, 1.54) is 24.3 Å². The molecule has 1 aromatic heterocycles. The zero-order chi connectivity index (χ0) is 22.1. The van der Waals surface area contributed by atoms with Crippen LogP contribution in [-0.4, -0.2) is 29.6 Å². The van der Waals surface area contributed by atoms with Crippen LogP contribution in [0.1, 0.15) is 27.0 Å². The van der Waals surface area contributed by atoms with Crippen molar-refractivity contribution in [2.45, 2.75) is 25.3 Å². The molecule has 10 nitrogen and oxygen atoms in total. The number of phenolic OH excluding ortho intramolecular Hbond substituents is 1. The number of nitrogens with one attached hydrogen (secondary N) is 3. The fourth-order valence-electron chi connectivity index (χ4n) is 3.01. The Morgan fingerprint density at radius 3 is 2.30 bits per heavy atom. The molecule has 0 aliphatic rings. The van der Waals surface area contributed by atoms with Crippen molar-refractivity contribution < 1.29 is 18.3 Å². The van der Waals surface area contributed by atoms with Crippen LogP contribution in [0.25, 0.3) is 0 Å². The average Bonchev–Trinajstić information content (AvgIpc) is 3.06. The van der Waals surface area contributed by atoms with Gasteiger partial charge in [0, 0.05) is 12.2 Å². The first-order valence-electron chi connectivity index (χ1n) is 8.87. The van der Waals surface area contributed by atoms with Gasteiger partial charge in [-0.25, -0.2) is 13.6 Å². The monoisotopic (exact) mass is 430 g/mol. The summed E-state index contributed by atoms with van der Waals surface area (Å²) in [5.74, 6) is 0.0604. The van der Waals surface area contributed by atoms with Crippen LogP contribution in [0, 0.1) is 13.8 Å². The average molecular weight is 430 g/mol. The Balaban J connectivity index is 1.81. The van der Waals surface area contributed by atoms with Gasteiger partial charge in [-0.05, 0) is 54.8 Å². The van der Waals surface area contributed by atoms with Gasteiger partial charge in [-0.1, -0.05) is 12.1 Å². The van der Waals surface area contributed by atoms with Crippen molar-refractivity contribution in [3.63, 3.8) is 0 Å². The maximum absolute atomic E-state index is 12.0. The highest BCUT2D eigenvalue weighted by Crippen LogP contribution is 2.27. The molecular formula is C19H22N6O4S. The summed E-state index contributed by atoms with van der Waals surface area (Å²) in [4.78, 5) is 12.0. The molecule has 0 aliphatic carbocycles. The molecule has 0 saturated heterocycles. The summed E-state index contributed by atoms with van der Waals surface area (Å²) in [6.07, 6.45) is 0. The SMILES string of the molecule is Cc1cc(CNc2n[nH]c(Nc3ccc(S(N)(=O)=O)cc3)c2C(N)=O)cc(C)c1O.